The predicted molar refractivity (Wildman–Crippen MR) is 101 cm³/mol. The van der Waals surface area contributed by atoms with Crippen molar-refractivity contribution in [1.29, 1.82) is 0 Å². The molecule has 130 valence electrons. The van der Waals surface area contributed by atoms with E-state index >= 15 is 0 Å². The molecule has 0 aliphatic rings. The molecule has 2 N–H and O–H groups in total. The number of fused-ring (bicyclic) bond motifs is 3. The summed E-state index contributed by atoms with van der Waals surface area (Å²) in [6.07, 6.45) is 0. The topological polar surface area (TPSA) is 80.0 Å². The van der Waals surface area contributed by atoms with Crippen LogP contribution in [0, 0.1) is 20.8 Å². The molecule has 2 heterocycles. The van der Waals surface area contributed by atoms with Crippen LogP contribution in [-0.2, 0) is 0 Å². The molecule has 0 fully saturated rings. The fourth-order valence-corrected chi connectivity index (χ4v) is 3.12. The molecule has 26 heavy (non-hydrogen) atoms. The number of nitrogens with one attached hydrogen (secondary N) is 2. The molecule has 0 saturated carbocycles. The molecule has 0 aliphatic carbocycles. The van der Waals surface area contributed by atoms with Crippen LogP contribution in [0.25, 0.3) is 21.7 Å². The van der Waals surface area contributed by atoms with E-state index in [1.165, 1.54) is 0 Å². The summed E-state index contributed by atoms with van der Waals surface area (Å²) in [4.78, 5) is 21.1. The van der Waals surface area contributed by atoms with Gasteiger partial charge in [0.25, 0.3) is 0 Å². The Morgan fingerprint density at radius 1 is 0.962 bits per heavy atom. The zero-order chi connectivity index (χ0) is 18.3. The van der Waals surface area contributed by atoms with Crippen LogP contribution < -0.4 is 10.9 Å². The number of nitrogens with zero attached hydrogens (tertiary/aromatic N) is 2. The van der Waals surface area contributed by atoms with Crippen LogP contribution in [-0.4, -0.2) is 15.9 Å². The van der Waals surface area contributed by atoms with Crippen molar-refractivity contribution >= 4 is 33.6 Å². The fourth-order valence-electron chi connectivity index (χ4n) is 3.12. The lowest BCUT2D eigenvalue weighted by Gasteiger charge is -2.07. The fraction of sp³-hybridized carbons (Fsp3) is 0.150. The molecule has 4 rings (SSSR count). The van der Waals surface area contributed by atoms with Crippen molar-refractivity contribution < 1.29 is 9.21 Å². The maximum atomic E-state index is 12.6. The number of aryl methyl sites for hydroxylation is 3. The van der Waals surface area contributed by atoms with Gasteiger partial charge in [-0.1, -0.05) is 36.4 Å². The van der Waals surface area contributed by atoms with Crippen LogP contribution in [0.4, 0.5) is 5.95 Å². The van der Waals surface area contributed by atoms with Crippen LogP contribution in [0.15, 0.2) is 46.9 Å². The lowest BCUT2D eigenvalue weighted by Crippen LogP contribution is -2.30. The van der Waals surface area contributed by atoms with Crippen LogP contribution in [0.5, 0.6) is 0 Å². The smallest absolute Gasteiger partial charge is 0.305 e. The second-order valence-corrected chi connectivity index (χ2v) is 6.27. The van der Waals surface area contributed by atoms with Crippen molar-refractivity contribution in [2.75, 3.05) is 5.43 Å². The molecule has 2 aromatic carbocycles. The number of carbonyl (C=O) groups is 1. The number of amides is 1. The summed E-state index contributed by atoms with van der Waals surface area (Å²) in [5, 5.41) is 2.98. The average molecular weight is 346 g/mol. The van der Waals surface area contributed by atoms with Crippen molar-refractivity contribution in [3.63, 3.8) is 0 Å². The van der Waals surface area contributed by atoms with E-state index in [-0.39, 0.29) is 11.7 Å². The van der Waals surface area contributed by atoms with Gasteiger partial charge in [0.1, 0.15) is 5.58 Å². The first-order valence-electron chi connectivity index (χ1n) is 8.32. The lowest BCUT2D eigenvalue weighted by molar-refractivity contribution is 0.0936. The van der Waals surface area contributed by atoms with Crippen molar-refractivity contribution in [3.05, 3.63) is 65.2 Å². The number of furan rings is 1. The van der Waals surface area contributed by atoms with Gasteiger partial charge in [-0.2, -0.15) is 0 Å². The van der Waals surface area contributed by atoms with E-state index in [1.54, 1.807) is 0 Å². The molecule has 1 amide bonds. The van der Waals surface area contributed by atoms with Gasteiger partial charge in [-0.3, -0.25) is 15.6 Å². The van der Waals surface area contributed by atoms with Gasteiger partial charge in [-0.15, -0.1) is 0 Å². The van der Waals surface area contributed by atoms with Crippen molar-refractivity contribution in [3.8, 4) is 0 Å². The number of hydrogen-bond acceptors (Lipinski definition) is 5. The number of rotatable bonds is 3. The van der Waals surface area contributed by atoms with Crippen molar-refractivity contribution in [2.24, 2.45) is 0 Å². The standard InChI is InChI=1S/C20H18N4O2/c1-11-10-12(2)22-20(21-11)24-23-19(25)17-13(3)15-9-8-14-6-4-5-7-16(14)18(15)26-17/h4-10H,1-3H3,(H,23,25)(H,21,22,24). The van der Waals surface area contributed by atoms with E-state index in [0.29, 0.717) is 11.5 Å². The van der Waals surface area contributed by atoms with Gasteiger partial charge in [0.15, 0.2) is 5.76 Å². The van der Waals surface area contributed by atoms with E-state index in [4.69, 9.17) is 4.42 Å². The van der Waals surface area contributed by atoms with Crippen molar-refractivity contribution in [2.45, 2.75) is 20.8 Å². The predicted octanol–water partition coefficient (Wildman–Crippen LogP) is 4.06. The Hall–Kier alpha value is -3.41. The second kappa shape index (κ2) is 6.15. The highest BCUT2D eigenvalue weighted by Crippen LogP contribution is 2.31. The number of anilines is 1. The van der Waals surface area contributed by atoms with Gasteiger partial charge in [0.2, 0.25) is 5.95 Å². The monoisotopic (exact) mass is 346 g/mol. The Labute approximate surface area is 150 Å². The first kappa shape index (κ1) is 16.1. The molecule has 2 aromatic heterocycles. The molecule has 6 heteroatoms. The van der Waals surface area contributed by atoms with E-state index in [1.807, 2.05) is 63.2 Å². The molecule has 0 radical (unpaired) electrons. The van der Waals surface area contributed by atoms with Crippen LogP contribution in [0.1, 0.15) is 27.5 Å². The summed E-state index contributed by atoms with van der Waals surface area (Å²) in [5.74, 6) is 0.244. The quantitative estimate of drug-likeness (QED) is 0.547. The van der Waals surface area contributed by atoms with Crippen LogP contribution in [0.3, 0.4) is 0 Å². The van der Waals surface area contributed by atoms with E-state index < -0.39 is 0 Å². The summed E-state index contributed by atoms with van der Waals surface area (Å²) in [6.45, 7) is 5.62. The third-order valence-corrected chi connectivity index (χ3v) is 4.30. The Bertz CT molecular complexity index is 1130. The Kier molecular flexibility index (Phi) is 3.80. The highest BCUT2D eigenvalue weighted by molar-refractivity contribution is 6.08. The van der Waals surface area contributed by atoms with Gasteiger partial charge in [-0.25, -0.2) is 9.97 Å². The highest BCUT2D eigenvalue weighted by Gasteiger charge is 2.19. The molecular formula is C20H18N4O2. The molecule has 0 bridgehead atoms. The van der Waals surface area contributed by atoms with Gasteiger partial charge in [-0.05, 0) is 32.2 Å². The largest absolute Gasteiger partial charge is 0.450 e. The third kappa shape index (κ3) is 2.75. The number of hydrazine groups is 1. The average Bonchev–Trinajstić information content (AvgIpc) is 2.96. The van der Waals surface area contributed by atoms with Crippen molar-refractivity contribution in [1.82, 2.24) is 15.4 Å². The Morgan fingerprint density at radius 3 is 2.46 bits per heavy atom. The van der Waals surface area contributed by atoms with Gasteiger partial charge >= 0.3 is 5.91 Å². The Morgan fingerprint density at radius 2 is 1.69 bits per heavy atom. The van der Waals surface area contributed by atoms with Crippen LogP contribution in [0.2, 0.25) is 0 Å². The third-order valence-electron chi connectivity index (χ3n) is 4.30. The highest BCUT2D eigenvalue weighted by atomic mass is 16.3. The summed E-state index contributed by atoms with van der Waals surface area (Å²) >= 11 is 0. The molecular weight excluding hydrogens is 328 g/mol. The molecule has 4 aromatic rings. The minimum absolute atomic E-state index is 0.272. The number of benzene rings is 2. The zero-order valence-electron chi connectivity index (χ0n) is 14.8. The molecule has 6 nitrogen and oxygen atoms in total. The first-order chi connectivity index (χ1) is 12.5. The van der Waals surface area contributed by atoms with Crippen LogP contribution >= 0.6 is 0 Å². The first-order valence-corrected chi connectivity index (χ1v) is 8.32. The maximum absolute atomic E-state index is 12.6. The van der Waals surface area contributed by atoms with E-state index in [0.717, 1.165) is 33.1 Å². The molecule has 0 atom stereocenters. The summed E-state index contributed by atoms with van der Waals surface area (Å²) in [5.41, 5.74) is 8.52. The molecule has 0 saturated heterocycles. The number of aromatic nitrogens is 2. The second-order valence-electron chi connectivity index (χ2n) is 6.27. The maximum Gasteiger partial charge on any atom is 0.305 e. The van der Waals surface area contributed by atoms with E-state index in [2.05, 4.69) is 20.8 Å². The lowest BCUT2D eigenvalue weighted by atomic mass is 10.1. The summed E-state index contributed by atoms with van der Waals surface area (Å²) in [7, 11) is 0. The summed E-state index contributed by atoms with van der Waals surface area (Å²) in [6, 6.07) is 13.8. The number of hydrogen-bond donors (Lipinski definition) is 2. The van der Waals surface area contributed by atoms with E-state index in [9.17, 15) is 4.79 Å². The Balaban J connectivity index is 1.66. The SMILES string of the molecule is Cc1cc(C)nc(NNC(=O)c2oc3c(ccc4ccccc43)c2C)n1. The number of carbonyl (C=O) groups excluding carboxylic acids is 1. The molecule has 0 aliphatic heterocycles. The normalized spacial score (nSPS) is 11.0. The summed E-state index contributed by atoms with van der Waals surface area (Å²) < 4.78 is 5.92. The minimum atomic E-state index is -0.370. The minimum Gasteiger partial charge on any atom is -0.450 e. The van der Waals surface area contributed by atoms with Gasteiger partial charge in [0.05, 0.1) is 0 Å². The van der Waals surface area contributed by atoms with Gasteiger partial charge < -0.3 is 4.42 Å². The molecule has 0 spiro atoms. The zero-order valence-corrected chi connectivity index (χ0v) is 14.8. The molecule has 0 unspecified atom stereocenters. The van der Waals surface area contributed by atoms with Gasteiger partial charge in [0, 0.05) is 27.7 Å².